The van der Waals surface area contributed by atoms with Gasteiger partial charge in [0.2, 0.25) is 0 Å². The summed E-state index contributed by atoms with van der Waals surface area (Å²) in [6, 6.07) is 21.7. The molecule has 4 nitrogen and oxygen atoms in total. The van der Waals surface area contributed by atoms with Crippen LogP contribution in [0.2, 0.25) is 0 Å². The lowest BCUT2D eigenvalue weighted by Gasteiger charge is -1.99. The van der Waals surface area contributed by atoms with Gasteiger partial charge in [-0.2, -0.15) is 5.26 Å². The zero-order valence-corrected chi connectivity index (χ0v) is 14.9. The summed E-state index contributed by atoms with van der Waals surface area (Å²) in [6.45, 7) is 2.02. The number of hydrogen-bond acceptors (Lipinski definition) is 4. The molecule has 0 aliphatic rings. The van der Waals surface area contributed by atoms with Crippen molar-refractivity contribution in [2.45, 2.75) is 17.2 Å². The maximum Gasteiger partial charge on any atom is 0.174 e. The number of nitrogens with one attached hydrogen (secondary N) is 1. The Morgan fingerprint density at radius 2 is 1.92 bits per heavy atom. The molecule has 0 saturated heterocycles. The number of imidazole rings is 1. The van der Waals surface area contributed by atoms with Crippen molar-refractivity contribution in [3.63, 3.8) is 0 Å². The minimum atomic E-state index is 0.569. The van der Waals surface area contributed by atoms with E-state index in [-0.39, 0.29) is 0 Å². The van der Waals surface area contributed by atoms with E-state index in [9.17, 15) is 5.26 Å². The number of nitrogens with zero attached hydrogens (tertiary/aromatic N) is 2. The molecule has 126 valence electrons. The molecule has 2 aromatic carbocycles. The molecule has 0 saturated carbocycles. The molecule has 5 heteroatoms. The van der Waals surface area contributed by atoms with Crippen molar-refractivity contribution in [3.05, 3.63) is 77.6 Å². The third-order valence-corrected chi connectivity index (χ3v) is 4.74. The minimum absolute atomic E-state index is 0.569. The zero-order valence-electron chi connectivity index (χ0n) is 14.1. The first-order valence-corrected chi connectivity index (χ1v) is 8.94. The van der Waals surface area contributed by atoms with Gasteiger partial charge in [0.05, 0.1) is 22.7 Å². The van der Waals surface area contributed by atoms with Gasteiger partial charge in [-0.3, -0.25) is 0 Å². The number of hydrogen-bond donors (Lipinski definition) is 1. The number of fused-ring (bicyclic) bond motifs is 1. The summed E-state index contributed by atoms with van der Waals surface area (Å²) in [4.78, 5) is 7.79. The summed E-state index contributed by atoms with van der Waals surface area (Å²) in [5, 5.41) is 10.9. The number of aromatic nitrogens is 2. The fourth-order valence-corrected chi connectivity index (χ4v) is 3.36. The summed E-state index contributed by atoms with van der Waals surface area (Å²) in [7, 11) is 0. The van der Waals surface area contributed by atoms with Crippen LogP contribution in [-0.4, -0.2) is 9.97 Å². The third kappa shape index (κ3) is 3.41. The molecular formula is C21H15N3OS. The second-order valence-electron chi connectivity index (χ2n) is 5.85. The molecule has 0 aliphatic heterocycles. The zero-order chi connectivity index (χ0) is 17.9. The summed E-state index contributed by atoms with van der Waals surface area (Å²) in [5.41, 5.74) is 4.52. The van der Waals surface area contributed by atoms with Crippen LogP contribution < -0.4 is 0 Å². The predicted octanol–water partition coefficient (Wildman–Crippen LogP) is 5.68. The SMILES string of the molecule is Cc1ccc(/C(C#N)=C\c2ccc(Sc3nc4ccccc4[nH]3)o2)cc1. The van der Waals surface area contributed by atoms with Crippen molar-refractivity contribution < 1.29 is 4.42 Å². The van der Waals surface area contributed by atoms with E-state index in [0.717, 1.165) is 32.4 Å². The third-order valence-electron chi connectivity index (χ3n) is 3.94. The van der Waals surface area contributed by atoms with E-state index >= 15 is 0 Å². The highest BCUT2D eigenvalue weighted by molar-refractivity contribution is 7.99. The summed E-state index contributed by atoms with van der Waals surface area (Å²) in [6.07, 6.45) is 1.76. The van der Waals surface area contributed by atoms with Crippen molar-refractivity contribution in [1.82, 2.24) is 9.97 Å². The van der Waals surface area contributed by atoms with Gasteiger partial charge in [-0.15, -0.1) is 0 Å². The van der Waals surface area contributed by atoms with Gasteiger partial charge in [0, 0.05) is 0 Å². The first kappa shape index (κ1) is 16.2. The number of allylic oxidation sites excluding steroid dienone is 1. The van der Waals surface area contributed by atoms with Crippen LogP contribution >= 0.6 is 11.8 Å². The van der Waals surface area contributed by atoms with E-state index in [1.165, 1.54) is 11.8 Å². The topological polar surface area (TPSA) is 65.6 Å². The van der Waals surface area contributed by atoms with Crippen molar-refractivity contribution in [1.29, 1.82) is 5.26 Å². The standard InChI is InChI=1S/C21H15N3OS/c1-14-6-8-15(9-7-14)16(13-22)12-17-10-11-20(25-17)26-21-23-18-4-2-3-5-19(18)24-21/h2-12H,1H3,(H,23,24)/b16-12-. The molecule has 4 aromatic rings. The first-order chi connectivity index (χ1) is 12.7. The Bertz CT molecular complexity index is 1100. The Kier molecular flexibility index (Phi) is 4.34. The molecule has 0 aliphatic carbocycles. The van der Waals surface area contributed by atoms with Gasteiger partial charge < -0.3 is 9.40 Å². The van der Waals surface area contributed by atoms with Crippen molar-refractivity contribution in [2.75, 3.05) is 0 Å². The van der Waals surface area contributed by atoms with Crippen LogP contribution in [0.5, 0.6) is 0 Å². The largest absolute Gasteiger partial charge is 0.450 e. The highest BCUT2D eigenvalue weighted by atomic mass is 32.2. The van der Waals surface area contributed by atoms with Crippen molar-refractivity contribution in [3.8, 4) is 6.07 Å². The van der Waals surface area contributed by atoms with Gasteiger partial charge in [0.15, 0.2) is 10.2 Å². The molecule has 4 rings (SSSR count). The number of nitriles is 1. The number of aromatic amines is 1. The van der Waals surface area contributed by atoms with Crippen LogP contribution in [-0.2, 0) is 0 Å². The number of para-hydroxylation sites is 2. The van der Waals surface area contributed by atoms with Crippen LogP contribution in [0.1, 0.15) is 16.9 Å². The van der Waals surface area contributed by atoms with E-state index in [2.05, 4.69) is 16.0 Å². The monoisotopic (exact) mass is 357 g/mol. The molecule has 2 heterocycles. The molecular weight excluding hydrogens is 342 g/mol. The van der Waals surface area contributed by atoms with E-state index < -0.39 is 0 Å². The van der Waals surface area contributed by atoms with Crippen molar-refractivity contribution in [2.24, 2.45) is 0 Å². The minimum Gasteiger partial charge on any atom is -0.450 e. The average Bonchev–Trinajstić information content (AvgIpc) is 3.26. The van der Waals surface area contributed by atoms with E-state index in [1.807, 2.05) is 67.6 Å². The number of H-pyrrole nitrogens is 1. The van der Waals surface area contributed by atoms with Crippen LogP contribution in [0.4, 0.5) is 0 Å². The predicted molar refractivity (Wildman–Crippen MR) is 104 cm³/mol. The van der Waals surface area contributed by atoms with E-state index in [0.29, 0.717) is 11.3 Å². The Hall–Kier alpha value is -3.23. The Balaban J connectivity index is 1.57. The summed E-state index contributed by atoms with van der Waals surface area (Å²) < 4.78 is 5.84. The number of aryl methyl sites for hydroxylation is 1. The molecule has 1 N–H and O–H groups in total. The van der Waals surface area contributed by atoms with Gasteiger partial charge in [-0.05, 0) is 54.6 Å². The molecule has 0 fully saturated rings. The maximum absolute atomic E-state index is 9.45. The smallest absolute Gasteiger partial charge is 0.174 e. The second kappa shape index (κ2) is 6.95. The van der Waals surface area contributed by atoms with Crippen molar-refractivity contribution >= 4 is 34.4 Å². The fraction of sp³-hybridized carbons (Fsp3) is 0.0476. The first-order valence-electron chi connectivity index (χ1n) is 8.12. The van der Waals surface area contributed by atoms with Gasteiger partial charge >= 0.3 is 0 Å². The van der Waals surface area contributed by atoms with Crippen LogP contribution in [0.15, 0.2) is 75.3 Å². The van der Waals surface area contributed by atoms with Crippen LogP contribution in [0.25, 0.3) is 22.7 Å². The normalized spacial score (nSPS) is 11.6. The van der Waals surface area contributed by atoms with Gasteiger partial charge in [-0.1, -0.05) is 42.0 Å². The molecule has 26 heavy (non-hydrogen) atoms. The van der Waals surface area contributed by atoms with Crippen LogP contribution in [0, 0.1) is 18.3 Å². The summed E-state index contributed by atoms with van der Waals surface area (Å²) >= 11 is 1.42. The lowest BCUT2D eigenvalue weighted by molar-refractivity contribution is 0.466. The Morgan fingerprint density at radius 3 is 2.69 bits per heavy atom. The number of rotatable bonds is 4. The molecule has 0 unspecified atom stereocenters. The molecule has 0 amide bonds. The lowest BCUT2D eigenvalue weighted by atomic mass is 10.0. The molecule has 0 spiro atoms. The summed E-state index contributed by atoms with van der Waals surface area (Å²) in [5.74, 6) is 0.640. The van der Waals surface area contributed by atoms with Gasteiger partial charge in [0.1, 0.15) is 5.76 Å². The average molecular weight is 357 g/mol. The van der Waals surface area contributed by atoms with Crippen LogP contribution in [0.3, 0.4) is 0 Å². The second-order valence-corrected chi connectivity index (χ2v) is 6.85. The highest BCUT2D eigenvalue weighted by Gasteiger charge is 2.09. The maximum atomic E-state index is 9.45. The quantitative estimate of drug-likeness (QED) is 0.477. The molecule has 0 bridgehead atoms. The van der Waals surface area contributed by atoms with E-state index in [4.69, 9.17) is 4.42 Å². The number of benzene rings is 2. The van der Waals surface area contributed by atoms with E-state index in [1.54, 1.807) is 6.08 Å². The van der Waals surface area contributed by atoms with Gasteiger partial charge in [0.25, 0.3) is 0 Å². The number of furan rings is 1. The van der Waals surface area contributed by atoms with Gasteiger partial charge in [-0.25, -0.2) is 4.98 Å². The molecule has 0 atom stereocenters. The fourth-order valence-electron chi connectivity index (χ4n) is 2.60. The lowest BCUT2D eigenvalue weighted by Crippen LogP contribution is -1.81. The Morgan fingerprint density at radius 1 is 1.12 bits per heavy atom. The molecule has 2 aromatic heterocycles. The Labute approximate surface area is 155 Å². The molecule has 0 radical (unpaired) electrons. The highest BCUT2D eigenvalue weighted by Crippen LogP contribution is 2.30.